The van der Waals surface area contributed by atoms with Gasteiger partial charge in [0.1, 0.15) is 5.75 Å². The summed E-state index contributed by atoms with van der Waals surface area (Å²) in [5, 5.41) is 11.6. The van der Waals surface area contributed by atoms with E-state index in [9.17, 15) is 14.4 Å². The van der Waals surface area contributed by atoms with E-state index in [1.54, 1.807) is 47.4 Å². The number of benzene rings is 2. The molecule has 0 heterocycles. The third-order valence-electron chi connectivity index (χ3n) is 4.55. The molecule has 2 aromatic rings. The lowest BCUT2D eigenvalue weighted by atomic mass is 10.1. The van der Waals surface area contributed by atoms with Crippen molar-refractivity contribution in [3.05, 3.63) is 59.2 Å². The van der Waals surface area contributed by atoms with E-state index in [0.717, 1.165) is 18.4 Å². The molecule has 0 unspecified atom stereocenters. The zero-order valence-corrected chi connectivity index (χ0v) is 15.6. The average molecular weight is 382 g/mol. The van der Waals surface area contributed by atoms with E-state index >= 15 is 0 Å². The number of nitrogens with zero attached hydrogens (tertiary/aromatic N) is 1. The summed E-state index contributed by atoms with van der Waals surface area (Å²) in [6.07, 6.45) is 2.46. The first-order chi connectivity index (χ1) is 13.5. The summed E-state index contributed by atoms with van der Waals surface area (Å²) in [6, 6.07) is 11.7. The van der Waals surface area contributed by atoms with Crippen LogP contribution in [-0.4, -0.2) is 40.9 Å². The normalized spacial score (nSPS) is 12.9. The standard InChI is InChI=1S/C21H22N2O5/c1-2-28-19-11-16(7-10-18(19)22-13-24)20(25)23(17-8-9-17)12-14-3-5-15(6-4-14)21(26)27/h3-7,10-11,13,17H,2,8-9,12H2,1H3,(H,22,24)(H,26,27). The van der Waals surface area contributed by atoms with E-state index in [-0.39, 0.29) is 17.5 Å². The van der Waals surface area contributed by atoms with Gasteiger partial charge in [-0.1, -0.05) is 12.1 Å². The number of carboxylic acid groups (broad SMARTS) is 1. The average Bonchev–Trinajstić information content (AvgIpc) is 3.53. The second-order valence-corrected chi connectivity index (χ2v) is 6.57. The maximum absolute atomic E-state index is 13.1. The van der Waals surface area contributed by atoms with Crippen LogP contribution >= 0.6 is 0 Å². The Morgan fingerprint density at radius 1 is 1.18 bits per heavy atom. The molecule has 1 aliphatic carbocycles. The van der Waals surface area contributed by atoms with Gasteiger partial charge in [0.2, 0.25) is 6.41 Å². The van der Waals surface area contributed by atoms with Crippen molar-refractivity contribution in [3.8, 4) is 5.75 Å². The first-order valence-electron chi connectivity index (χ1n) is 9.13. The highest BCUT2D eigenvalue weighted by Crippen LogP contribution is 2.32. The minimum Gasteiger partial charge on any atom is -0.492 e. The number of hydrogen-bond donors (Lipinski definition) is 2. The Morgan fingerprint density at radius 3 is 2.43 bits per heavy atom. The van der Waals surface area contributed by atoms with Crippen LogP contribution in [-0.2, 0) is 11.3 Å². The van der Waals surface area contributed by atoms with Gasteiger partial charge in [0, 0.05) is 18.2 Å². The third-order valence-corrected chi connectivity index (χ3v) is 4.55. The van der Waals surface area contributed by atoms with Crippen LogP contribution in [0.1, 0.15) is 46.0 Å². The van der Waals surface area contributed by atoms with Gasteiger partial charge < -0.3 is 20.1 Å². The van der Waals surface area contributed by atoms with Crippen molar-refractivity contribution in [3.63, 3.8) is 0 Å². The van der Waals surface area contributed by atoms with Crippen molar-refractivity contribution in [2.75, 3.05) is 11.9 Å². The number of nitrogens with one attached hydrogen (secondary N) is 1. The Bertz CT molecular complexity index is 875. The van der Waals surface area contributed by atoms with E-state index < -0.39 is 5.97 Å². The fraction of sp³-hybridized carbons (Fsp3) is 0.286. The monoisotopic (exact) mass is 382 g/mol. The van der Waals surface area contributed by atoms with Crippen molar-refractivity contribution in [2.24, 2.45) is 0 Å². The molecule has 2 N–H and O–H groups in total. The number of amides is 2. The van der Waals surface area contributed by atoms with Gasteiger partial charge in [-0.3, -0.25) is 9.59 Å². The van der Waals surface area contributed by atoms with Crippen LogP contribution in [0.3, 0.4) is 0 Å². The molecule has 2 amide bonds. The Hall–Kier alpha value is -3.35. The highest BCUT2D eigenvalue weighted by molar-refractivity contribution is 5.96. The second kappa shape index (κ2) is 8.56. The molecule has 7 heteroatoms. The Balaban J connectivity index is 1.82. The van der Waals surface area contributed by atoms with Gasteiger partial charge in [-0.2, -0.15) is 0 Å². The number of rotatable bonds is 9. The van der Waals surface area contributed by atoms with E-state index in [4.69, 9.17) is 9.84 Å². The zero-order valence-electron chi connectivity index (χ0n) is 15.6. The van der Waals surface area contributed by atoms with Crippen LogP contribution in [0.2, 0.25) is 0 Å². The molecule has 0 aliphatic heterocycles. The van der Waals surface area contributed by atoms with Crippen molar-refractivity contribution in [2.45, 2.75) is 32.4 Å². The SMILES string of the molecule is CCOc1cc(C(=O)N(Cc2ccc(C(=O)O)cc2)C2CC2)ccc1NC=O. The van der Waals surface area contributed by atoms with Crippen LogP contribution in [0.25, 0.3) is 0 Å². The number of carboxylic acids is 1. The Morgan fingerprint density at radius 2 is 1.86 bits per heavy atom. The quantitative estimate of drug-likeness (QED) is 0.650. The van der Waals surface area contributed by atoms with Crippen molar-refractivity contribution >= 4 is 24.0 Å². The summed E-state index contributed by atoms with van der Waals surface area (Å²) in [5.74, 6) is -0.653. The highest BCUT2D eigenvalue weighted by Gasteiger charge is 2.33. The first kappa shape index (κ1) is 19.4. The summed E-state index contributed by atoms with van der Waals surface area (Å²) in [6.45, 7) is 2.64. The summed E-state index contributed by atoms with van der Waals surface area (Å²) in [4.78, 5) is 36.7. The number of carbonyl (C=O) groups is 3. The smallest absolute Gasteiger partial charge is 0.335 e. The summed E-state index contributed by atoms with van der Waals surface area (Å²) in [5.41, 5.74) is 2.08. The highest BCUT2D eigenvalue weighted by atomic mass is 16.5. The molecule has 0 radical (unpaired) electrons. The molecule has 28 heavy (non-hydrogen) atoms. The topological polar surface area (TPSA) is 95.9 Å². The molecular formula is C21H22N2O5. The zero-order chi connectivity index (χ0) is 20.1. The number of hydrogen-bond acceptors (Lipinski definition) is 4. The number of anilines is 1. The first-order valence-corrected chi connectivity index (χ1v) is 9.13. The van der Waals surface area contributed by atoms with Crippen LogP contribution < -0.4 is 10.1 Å². The molecule has 1 aliphatic rings. The van der Waals surface area contributed by atoms with Crippen LogP contribution in [0, 0.1) is 0 Å². The van der Waals surface area contributed by atoms with E-state index in [0.29, 0.717) is 36.6 Å². The van der Waals surface area contributed by atoms with Gasteiger partial charge in [-0.25, -0.2) is 4.79 Å². The lowest BCUT2D eigenvalue weighted by Crippen LogP contribution is -2.32. The molecule has 1 fully saturated rings. The third kappa shape index (κ3) is 4.49. The van der Waals surface area contributed by atoms with Gasteiger partial charge in [-0.05, 0) is 55.7 Å². The number of aromatic carboxylic acids is 1. The molecule has 0 bridgehead atoms. The summed E-state index contributed by atoms with van der Waals surface area (Å²) < 4.78 is 5.54. The van der Waals surface area contributed by atoms with Gasteiger partial charge in [0.25, 0.3) is 5.91 Å². The fourth-order valence-electron chi connectivity index (χ4n) is 2.98. The summed E-state index contributed by atoms with van der Waals surface area (Å²) in [7, 11) is 0. The molecule has 3 rings (SSSR count). The molecule has 1 saturated carbocycles. The predicted molar refractivity (Wildman–Crippen MR) is 104 cm³/mol. The molecule has 0 atom stereocenters. The second-order valence-electron chi connectivity index (χ2n) is 6.57. The molecule has 2 aromatic carbocycles. The van der Waals surface area contributed by atoms with E-state index in [2.05, 4.69) is 5.32 Å². The molecule has 0 aromatic heterocycles. The van der Waals surface area contributed by atoms with Crippen molar-refractivity contribution < 1.29 is 24.2 Å². The van der Waals surface area contributed by atoms with Gasteiger partial charge >= 0.3 is 5.97 Å². The fourth-order valence-corrected chi connectivity index (χ4v) is 2.98. The van der Waals surface area contributed by atoms with Crippen LogP contribution in [0.15, 0.2) is 42.5 Å². The number of carbonyl (C=O) groups excluding carboxylic acids is 2. The molecule has 146 valence electrons. The van der Waals surface area contributed by atoms with Gasteiger partial charge in [0.05, 0.1) is 17.9 Å². The largest absolute Gasteiger partial charge is 0.492 e. The van der Waals surface area contributed by atoms with E-state index in [1.165, 1.54) is 0 Å². The van der Waals surface area contributed by atoms with Crippen LogP contribution in [0.4, 0.5) is 5.69 Å². The maximum Gasteiger partial charge on any atom is 0.335 e. The number of ether oxygens (including phenoxy) is 1. The minimum absolute atomic E-state index is 0.122. The lowest BCUT2D eigenvalue weighted by Gasteiger charge is -2.23. The lowest BCUT2D eigenvalue weighted by molar-refractivity contribution is -0.105. The predicted octanol–water partition coefficient (Wildman–Crippen LogP) is 3.16. The Kier molecular flexibility index (Phi) is 5.93. The van der Waals surface area contributed by atoms with Gasteiger partial charge in [-0.15, -0.1) is 0 Å². The molecule has 0 spiro atoms. The van der Waals surface area contributed by atoms with Crippen LogP contribution in [0.5, 0.6) is 5.75 Å². The van der Waals surface area contributed by atoms with Crippen molar-refractivity contribution in [1.29, 1.82) is 0 Å². The van der Waals surface area contributed by atoms with Gasteiger partial charge in [0.15, 0.2) is 0 Å². The molecule has 0 saturated heterocycles. The Labute approximate surface area is 162 Å². The van der Waals surface area contributed by atoms with E-state index in [1.807, 2.05) is 6.92 Å². The molecule has 7 nitrogen and oxygen atoms in total. The molecular weight excluding hydrogens is 360 g/mol. The minimum atomic E-state index is -0.978. The van der Waals surface area contributed by atoms with Crippen molar-refractivity contribution in [1.82, 2.24) is 4.90 Å². The maximum atomic E-state index is 13.1. The summed E-state index contributed by atoms with van der Waals surface area (Å²) >= 11 is 0.